The van der Waals surface area contributed by atoms with Crippen LogP contribution in [0.3, 0.4) is 0 Å². The van der Waals surface area contributed by atoms with Gasteiger partial charge in [0.25, 0.3) is 0 Å². The lowest BCUT2D eigenvalue weighted by Crippen LogP contribution is -2.51. The topological polar surface area (TPSA) is 129 Å². The number of nitrogens with zero attached hydrogens (tertiary/aromatic N) is 4. The van der Waals surface area contributed by atoms with E-state index in [0.717, 1.165) is 75.4 Å². The predicted molar refractivity (Wildman–Crippen MR) is 180 cm³/mol. The van der Waals surface area contributed by atoms with E-state index in [2.05, 4.69) is 65.5 Å². The van der Waals surface area contributed by atoms with E-state index in [1.807, 2.05) is 37.1 Å². The highest BCUT2D eigenvalue weighted by Crippen LogP contribution is 2.34. The maximum Gasteiger partial charge on any atom is 0.407 e. The van der Waals surface area contributed by atoms with Crippen LogP contribution < -0.4 is 5.32 Å². The Bertz CT molecular complexity index is 1860. The molecule has 0 radical (unpaired) electrons. The summed E-state index contributed by atoms with van der Waals surface area (Å²) in [5.41, 5.74) is 5.59. The van der Waals surface area contributed by atoms with Crippen molar-refractivity contribution in [2.24, 2.45) is 5.92 Å². The molecule has 1 saturated heterocycles. The number of likely N-dealkylation sites (tertiary alicyclic amines) is 1. The van der Waals surface area contributed by atoms with Crippen molar-refractivity contribution < 1.29 is 14.3 Å². The number of aromatic nitrogens is 5. The molecule has 0 bridgehead atoms. The predicted octanol–water partition coefficient (Wildman–Crippen LogP) is 7.51. The lowest BCUT2D eigenvalue weighted by Gasteiger charge is -2.30. The second-order valence-electron chi connectivity index (χ2n) is 12.7. The molecule has 1 fully saturated rings. The van der Waals surface area contributed by atoms with Gasteiger partial charge in [0.2, 0.25) is 5.91 Å². The summed E-state index contributed by atoms with van der Waals surface area (Å²) in [5.74, 6) is 1.93. The maximum absolute atomic E-state index is 13.5. The fourth-order valence-corrected chi connectivity index (χ4v) is 6.37. The standard InChI is InChI=1S/C36H43N7O3/c1-6-7-9-22(4)32-39-28-16-15-27(38-33(28)42-32)25-13-11-24-19-26(14-12-23(24)18-25)29-20-37-34(40-29)30-10-8-17-43(30)35(44)31(21(2)3)41-36(45)46-5/h11-16,18-22,30-31H,6-10,17H2,1-5H3,(H,37,40)(H,41,45)(H,38,39,42)/t22-,30-,31-/m0/s1. The molecule has 0 saturated carbocycles. The molecular weight excluding hydrogens is 578 g/mol. The summed E-state index contributed by atoms with van der Waals surface area (Å²) >= 11 is 0. The molecule has 4 heterocycles. The number of amides is 2. The maximum atomic E-state index is 13.5. The first-order valence-corrected chi connectivity index (χ1v) is 16.4. The number of hydrogen-bond acceptors (Lipinski definition) is 6. The summed E-state index contributed by atoms with van der Waals surface area (Å²) in [6, 6.07) is 16.0. The molecule has 6 rings (SSSR count). The third kappa shape index (κ3) is 6.34. The molecule has 0 unspecified atom stereocenters. The van der Waals surface area contributed by atoms with Crippen LogP contribution in [0.15, 0.2) is 54.7 Å². The van der Waals surface area contributed by atoms with Gasteiger partial charge in [-0.15, -0.1) is 0 Å². The molecule has 10 nitrogen and oxygen atoms in total. The van der Waals surface area contributed by atoms with Gasteiger partial charge in [0.15, 0.2) is 5.65 Å². The fraction of sp³-hybridized carbons (Fsp3) is 0.417. The van der Waals surface area contributed by atoms with E-state index >= 15 is 0 Å². The first kappa shape index (κ1) is 31.3. The molecular formula is C36H43N7O3. The zero-order valence-corrected chi connectivity index (χ0v) is 27.3. The van der Waals surface area contributed by atoms with E-state index in [0.29, 0.717) is 12.5 Å². The Labute approximate surface area is 269 Å². The lowest BCUT2D eigenvalue weighted by atomic mass is 10.0. The van der Waals surface area contributed by atoms with Crippen LogP contribution >= 0.6 is 0 Å². The number of benzene rings is 2. The third-order valence-corrected chi connectivity index (χ3v) is 9.10. The largest absolute Gasteiger partial charge is 0.453 e. The molecule has 240 valence electrons. The highest BCUT2D eigenvalue weighted by molar-refractivity contribution is 5.91. The highest BCUT2D eigenvalue weighted by atomic mass is 16.5. The van der Waals surface area contributed by atoms with Gasteiger partial charge in [-0.25, -0.2) is 19.7 Å². The number of hydrogen-bond donors (Lipinski definition) is 3. The summed E-state index contributed by atoms with van der Waals surface area (Å²) in [4.78, 5) is 48.6. The number of carbonyl (C=O) groups is 2. The Morgan fingerprint density at radius 3 is 2.52 bits per heavy atom. The van der Waals surface area contributed by atoms with Crippen LogP contribution in [0.1, 0.15) is 83.4 Å². The Morgan fingerprint density at radius 2 is 1.78 bits per heavy atom. The normalized spacial score (nSPS) is 16.3. The molecule has 2 aromatic carbocycles. The van der Waals surface area contributed by atoms with E-state index in [4.69, 9.17) is 19.7 Å². The number of nitrogens with one attached hydrogen (secondary N) is 3. The number of unbranched alkanes of at least 4 members (excludes halogenated alkanes) is 1. The van der Waals surface area contributed by atoms with Gasteiger partial charge in [-0.1, -0.05) is 64.8 Å². The van der Waals surface area contributed by atoms with Crippen molar-refractivity contribution in [3.05, 3.63) is 66.4 Å². The molecule has 46 heavy (non-hydrogen) atoms. The average Bonchev–Trinajstić information content (AvgIpc) is 3.84. The summed E-state index contributed by atoms with van der Waals surface area (Å²) in [5, 5.41) is 4.93. The molecule has 3 N–H and O–H groups in total. The Hall–Kier alpha value is -4.73. The number of alkyl carbamates (subject to hydrolysis) is 1. The summed E-state index contributed by atoms with van der Waals surface area (Å²) in [7, 11) is 1.30. The van der Waals surface area contributed by atoms with Gasteiger partial charge < -0.3 is 24.9 Å². The van der Waals surface area contributed by atoms with Gasteiger partial charge in [0, 0.05) is 23.6 Å². The van der Waals surface area contributed by atoms with Crippen molar-refractivity contribution in [2.45, 2.75) is 77.8 Å². The number of imidazole rings is 2. The molecule has 3 atom stereocenters. The molecule has 5 aromatic rings. The number of methoxy groups -OCH3 is 1. The smallest absolute Gasteiger partial charge is 0.407 e. The average molecular weight is 622 g/mol. The molecule has 0 aliphatic carbocycles. The van der Waals surface area contributed by atoms with Crippen LogP contribution in [0.5, 0.6) is 0 Å². The second-order valence-corrected chi connectivity index (χ2v) is 12.7. The number of fused-ring (bicyclic) bond motifs is 2. The zero-order chi connectivity index (χ0) is 32.4. The van der Waals surface area contributed by atoms with E-state index in [1.165, 1.54) is 20.0 Å². The Morgan fingerprint density at radius 1 is 1.02 bits per heavy atom. The molecule has 10 heteroatoms. The monoisotopic (exact) mass is 621 g/mol. The van der Waals surface area contributed by atoms with Crippen molar-refractivity contribution in [3.8, 4) is 22.5 Å². The van der Waals surface area contributed by atoms with Gasteiger partial charge >= 0.3 is 6.09 Å². The quantitative estimate of drug-likeness (QED) is 0.148. The van der Waals surface area contributed by atoms with Crippen LogP contribution in [0, 0.1) is 5.92 Å². The number of aromatic amines is 2. The highest BCUT2D eigenvalue weighted by Gasteiger charge is 2.37. The summed E-state index contributed by atoms with van der Waals surface area (Å²) < 4.78 is 4.75. The molecule has 1 aliphatic heterocycles. The fourth-order valence-electron chi connectivity index (χ4n) is 6.37. The summed E-state index contributed by atoms with van der Waals surface area (Å²) in [6.07, 6.45) is 6.38. The van der Waals surface area contributed by atoms with E-state index in [-0.39, 0.29) is 17.9 Å². The number of rotatable bonds is 10. The second kappa shape index (κ2) is 13.3. The van der Waals surface area contributed by atoms with E-state index in [9.17, 15) is 9.59 Å². The Balaban J connectivity index is 1.20. The number of carbonyl (C=O) groups excluding carboxylic acids is 2. The van der Waals surface area contributed by atoms with Crippen molar-refractivity contribution in [3.63, 3.8) is 0 Å². The van der Waals surface area contributed by atoms with Crippen LogP contribution in [0.4, 0.5) is 4.79 Å². The van der Waals surface area contributed by atoms with Crippen LogP contribution in [0.2, 0.25) is 0 Å². The summed E-state index contributed by atoms with van der Waals surface area (Å²) in [6.45, 7) is 8.87. The minimum atomic E-state index is -0.666. The van der Waals surface area contributed by atoms with Crippen molar-refractivity contribution in [1.82, 2.24) is 35.1 Å². The number of pyridine rings is 1. The first-order valence-electron chi connectivity index (χ1n) is 16.4. The van der Waals surface area contributed by atoms with Crippen molar-refractivity contribution in [2.75, 3.05) is 13.7 Å². The molecule has 3 aromatic heterocycles. The Kier molecular flexibility index (Phi) is 9.05. The van der Waals surface area contributed by atoms with Gasteiger partial charge in [-0.2, -0.15) is 0 Å². The SMILES string of the molecule is CCCC[C@H](C)c1nc2ccc(-c3ccc4cc(-c5cnc([C@@H]6CCCN6C(=O)[C@@H](NC(=O)OC)C(C)C)[nH]5)ccc4c3)nc2[nH]1. The zero-order valence-electron chi connectivity index (χ0n) is 27.3. The minimum Gasteiger partial charge on any atom is -0.453 e. The van der Waals surface area contributed by atoms with Crippen LogP contribution in [0.25, 0.3) is 44.5 Å². The lowest BCUT2D eigenvalue weighted by molar-refractivity contribution is -0.135. The van der Waals surface area contributed by atoms with E-state index in [1.54, 1.807) is 0 Å². The van der Waals surface area contributed by atoms with Gasteiger partial charge in [0.05, 0.1) is 30.7 Å². The minimum absolute atomic E-state index is 0.0840. The first-order chi connectivity index (χ1) is 22.2. The van der Waals surface area contributed by atoms with Crippen LogP contribution in [-0.4, -0.2) is 61.5 Å². The molecule has 2 amide bonds. The van der Waals surface area contributed by atoms with Gasteiger partial charge in [-0.05, 0) is 60.2 Å². The molecule has 1 aliphatic rings. The number of H-pyrrole nitrogens is 2. The van der Waals surface area contributed by atoms with Gasteiger partial charge in [0.1, 0.15) is 23.2 Å². The third-order valence-electron chi connectivity index (χ3n) is 9.10. The van der Waals surface area contributed by atoms with Crippen LogP contribution in [-0.2, 0) is 9.53 Å². The number of ether oxygens (including phenoxy) is 1. The van der Waals surface area contributed by atoms with Gasteiger partial charge in [-0.3, -0.25) is 4.79 Å². The molecule has 0 spiro atoms. The van der Waals surface area contributed by atoms with Crippen molar-refractivity contribution >= 4 is 33.9 Å². The van der Waals surface area contributed by atoms with Crippen molar-refractivity contribution in [1.29, 1.82) is 0 Å². The van der Waals surface area contributed by atoms with E-state index < -0.39 is 12.1 Å².